The first-order valence-electron chi connectivity index (χ1n) is 11.4. The third kappa shape index (κ3) is 3.77. The standard InChI is InChI=1S/C25H28N4OS/c1-2-18-14-23-24(22(18)13-17(1)19-7-12-31-15-19)25(27-16-26-23)28-20-3-5-21(6-4-20)29-8-10-30-11-9-29/h1-2,7,12-13,15-16,20-21H,3-6,8-11,14H2,(H,26,27,28). The molecule has 0 bridgehead atoms. The Hall–Kier alpha value is -2.28. The van der Waals surface area contributed by atoms with Crippen molar-refractivity contribution < 1.29 is 4.74 Å². The van der Waals surface area contributed by atoms with Crippen LogP contribution in [-0.2, 0) is 11.2 Å². The fraction of sp³-hybridized carbons (Fsp3) is 0.440. The molecule has 6 heteroatoms. The van der Waals surface area contributed by atoms with Crippen molar-refractivity contribution in [2.75, 3.05) is 31.6 Å². The summed E-state index contributed by atoms with van der Waals surface area (Å²) in [5.41, 5.74) is 7.57. The predicted molar refractivity (Wildman–Crippen MR) is 126 cm³/mol. The van der Waals surface area contributed by atoms with Gasteiger partial charge in [-0.1, -0.05) is 12.1 Å². The second kappa shape index (κ2) is 8.34. The van der Waals surface area contributed by atoms with Gasteiger partial charge in [0, 0.05) is 37.2 Å². The van der Waals surface area contributed by atoms with Gasteiger partial charge >= 0.3 is 0 Å². The number of rotatable bonds is 4. The molecule has 31 heavy (non-hydrogen) atoms. The minimum atomic E-state index is 0.486. The average molecular weight is 433 g/mol. The van der Waals surface area contributed by atoms with E-state index in [1.54, 1.807) is 17.7 Å². The van der Waals surface area contributed by atoms with Crippen molar-refractivity contribution in [3.63, 3.8) is 0 Å². The number of fused-ring (bicyclic) bond motifs is 3. The fourth-order valence-corrected chi connectivity index (χ4v) is 6.09. The molecule has 2 aliphatic carbocycles. The van der Waals surface area contributed by atoms with Crippen molar-refractivity contribution in [2.24, 2.45) is 0 Å². The summed E-state index contributed by atoms with van der Waals surface area (Å²) in [6.45, 7) is 3.95. The normalized spacial score (nSPS) is 23.4. The van der Waals surface area contributed by atoms with Gasteiger partial charge in [0.2, 0.25) is 0 Å². The summed E-state index contributed by atoms with van der Waals surface area (Å²) in [5.74, 6) is 1.01. The molecular weight excluding hydrogens is 404 g/mol. The van der Waals surface area contributed by atoms with Crippen LogP contribution in [-0.4, -0.2) is 53.3 Å². The molecule has 0 spiro atoms. The zero-order valence-corrected chi connectivity index (χ0v) is 18.5. The topological polar surface area (TPSA) is 50.3 Å². The van der Waals surface area contributed by atoms with Crippen molar-refractivity contribution in [3.8, 4) is 22.3 Å². The summed E-state index contributed by atoms with van der Waals surface area (Å²) in [7, 11) is 0. The molecular formula is C25H28N4OS. The number of thiophene rings is 1. The summed E-state index contributed by atoms with van der Waals surface area (Å²) < 4.78 is 5.53. The monoisotopic (exact) mass is 432 g/mol. The van der Waals surface area contributed by atoms with E-state index < -0.39 is 0 Å². The molecule has 2 aromatic heterocycles. The highest BCUT2D eigenvalue weighted by atomic mass is 32.1. The number of nitrogens with zero attached hydrogens (tertiary/aromatic N) is 3. The van der Waals surface area contributed by atoms with Crippen LogP contribution >= 0.6 is 11.3 Å². The molecule has 5 nitrogen and oxygen atoms in total. The van der Waals surface area contributed by atoms with E-state index in [1.165, 1.54) is 53.5 Å². The molecule has 3 aromatic rings. The highest BCUT2D eigenvalue weighted by Gasteiger charge is 2.29. The van der Waals surface area contributed by atoms with Gasteiger partial charge in [0.1, 0.15) is 12.1 Å². The van der Waals surface area contributed by atoms with E-state index in [2.05, 4.69) is 50.2 Å². The molecule has 1 saturated heterocycles. The Labute approximate surface area is 187 Å². The molecule has 160 valence electrons. The Kier molecular flexibility index (Phi) is 5.22. The SMILES string of the molecule is c1nc2c(c(NC3CCC(N4CCOCC4)CC3)n1)-c1cc(-c3ccsc3)ccc1C2. The smallest absolute Gasteiger partial charge is 0.137 e. The van der Waals surface area contributed by atoms with Crippen LogP contribution in [0, 0.1) is 0 Å². The van der Waals surface area contributed by atoms with E-state index in [0.29, 0.717) is 12.1 Å². The lowest BCUT2D eigenvalue weighted by Crippen LogP contribution is -2.46. The molecule has 1 saturated carbocycles. The molecule has 3 heterocycles. The van der Waals surface area contributed by atoms with Crippen LogP contribution in [0.15, 0.2) is 41.4 Å². The highest BCUT2D eigenvalue weighted by molar-refractivity contribution is 7.08. The minimum absolute atomic E-state index is 0.486. The molecule has 0 atom stereocenters. The Balaban J connectivity index is 1.21. The van der Waals surface area contributed by atoms with Crippen LogP contribution in [0.4, 0.5) is 5.82 Å². The lowest BCUT2D eigenvalue weighted by Gasteiger charge is -2.39. The first kappa shape index (κ1) is 19.4. The molecule has 2 fully saturated rings. The molecule has 0 radical (unpaired) electrons. The predicted octanol–water partition coefficient (Wildman–Crippen LogP) is 4.83. The van der Waals surface area contributed by atoms with Gasteiger partial charge < -0.3 is 10.1 Å². The first-order valence-corrected chi connectivity index (χ1v) is 12.4. The molecule has 1 N–H and O–H groups in total. The van der Waals surface area contributed by atoms with Crippen LogP contribution in [0.2, 0.25) is 0 Å². The molecule has 0 unspecified atom stereocenters. The molecule has 1 aromatic carbocycles. The van der Waals surface area contributed by atoms with E-state index in [4.69, 9.17) is 9.72 Å². The number of ether oxygens (including phenoxy) is 1. The lowest BCUT2D eigenvalue weighted by molar-refractivity contribution is 0.00791. The van der Waals surface area contributed by atoms with Crippen LogP contribution in [0.25, 0.3) is 22.3 Å². The number of aromatic nitrogens is 2. The number of morpholine rings is 1. The maximum absolute atomic E-state index is 5.53. The van der Waals surface area contributed by atoms with E-state index in [9.17, 15) is 0 Å². The van der Waals surface area contributed by atoms with Crippen molar-refractivity contribution in [2.45, 2.75) is 44.2 Å². The lowest BCUT2D eigenvalue weighted by atomic mass is 9.89. The number of benzene rings is 1. The zero-order chi connectivity index (χ0) is 20.6. The van der Waals surface area contributed by atoms with Gasteiger partial charge in [-0.05, 0) is 70.8 Å². The van der Waals surface area contributed by atoms with Gasteiger partial charge in [0.15, 0.2) is 0 Å². The molecule has 0 amide bonds. The fourth-order valence-electron chi connectivity index (χ4n) is 5.42. The third-order valence-electron chi connectivity index (χ3n) is 7.12. The van der Waals surface area contributed by atoms with E-state index in [0.717, 1.165) is 44.2 Å². The molecule has 6 rings (SSSR count). The molecule has 3 aliphatic rings. The van der Waals surface area contributed by atoms with Gasteiger partial charge in [-0.25, -0.2) is 9.97 Å². The van der Waals surface area contributed by atoms with Crippen LogP contribution < -0.4 is 5.32 Å². The maximum atomic E-state index is 5.53. The van der Waals surface area contributed by atoms with Gasteiger partial charge in [-0.3, -0.25) is 4.90 Å². The van der Waals surface area contributed by atoms with E-state index in [1.807, 2.05) is 0 Å². The molecule has 1 aliphatic heterocycles. The van der Waals surface area contributed by atoms with Crippen molar-refractivity contribution in [1.82, 2.24) is 14.9 Å². The zero-order valence-electron chi connectivity index (χ0n) is 17.7. The first-order chi connectivity index (χ1) is 15.3. The van der Waals surface area contributed by atoms with Crippen molar-refractivity contribution in [3.05, 3.63) is 52.6 Å². The van der Waals surface area contributed by atoms with Crippen LogP contribution in [0.1, 0.15) is 36.9 Å². The Morgan fingerprint density at radius 2 is 1.87 bits per heavy atom. The second-order valence-corrected chi connectivity index (χ2v) is 9.68. The number of nitrogens with one attached hydrogen (secondary N) is 1. The van der Waals surface area contributed by atoms with E-state index in [-0.39, 0.29) is 0 Å². The van der Waals surface area contributed by atoms with Crippen LogP contribution in [0.3, 0.4) is 0 Å². The van der Waals surface area contributed by atoms with Gasteiger partial charge in [0.25, 0.3) is 0 Å². The Bertz CT molecular complexity index is 1050. The van der Waals surface area contributed by atoms with Crippen molar-refractivity contribution >= 4 is 17.2 Å². The van der Waals surface area contributed by atoms with Gasteiger partial charge in [-0.2, -0.15) is 11.3 Å². The average Bonchev–Trinajstić information content (AvgIpc) is 3.48. The van der Waals surface area contributed by atoms with Gasteiger partial charge in [0.05, 0.1) is 18.9 Å². The third-order valence-corrected chi connectivity index (χ3v) is 7.80. The van der Waals surface area contributed by atoms with Gasteiger partial charge in [-0.15, -0.1) is 0 Å². The second-order valence-electron chi connectivity index (χ2n) is 8.90. The summed E-state index contributed by atoms with van der Waals surface area (Å²) in [5, 5.41) is 8.16. The number of hydrogen-bond acceptors (Lipinski definition) is 6. The number of hydrogen-bond donors (Lipinski definition) is 1. The quantitative estimate of drug-likeness (QED) is 0.500. The van der Waals surface area contributed by atoms with E-state index >= 15 is 0 Å². The Morgan fingerprint density at radius 1 is 1.00 bits per heavy atom. The number of anilines is 1. The van der Waals surface area contributed by atoms with Crippen molar-refractivity contribution in [1.29, 1.82) is 0 Å². The summed E-state index contributed by atoms with van der Waals surface area (Å²) in [6, 6.07) is 10.2. The largest absolute Gasteiger partial charge is 0.379 e. The minimum Gasteiger partial charge on any atom is -0.379 e. The maximum Gasteiger partial charge on any atom is 0.137 e. The van der Waals surface area contributed by atoms with Crippen LogP contribution in [0.5, 0.6) is 0 Å². The summed E-state index contributed by atoms with van der Waals surface area (Å²) >= 11 is 1.74. The Morgan fingerprint density at radius 3 is 2.68 bits per heavy atom. The summed E-state index contributed by atoms with van der Waals surface area (Å²) in [4.78, 5) is 12.0. The summed E-state index contributed by atoms with van der Waals surface area (Å²) in [6.07, 6.45) is 7.53. The highest BCUT2D eigenvalue weighted by Crippen LogP contribution is 2.42.